The van der Waals surface area contributed by atoms with E-state index in [4.69, 9.17) is 10.9 Å². The van der Waals surface area contributed by atoms with E-state index in [9.17, 15) is 0 Å². The molecule has 1 unspecified atom stereocenters. The van der Waals surface area contributed by atoms with Crippen LogP contribution in [-0.4, -0.2) is 17.6 Å². The average Bonchev–Trinajstić information content (AvgIpc) is 3.24. The molecule has 1 aromatic carbocycles. The Bertz CT molecular complexity index is 426. The van der Waals surface area contributed by atoms with Gasteiger partial charge in [0.25, 0.3) is 0 Å². The van der Waals surface area contributed by atoms with Crippen LogP contribution < -0.4 is 11.1 Å². The molecule has 19 heavy (non-hydrogen) atoms. The van der Waals surface area contributed by atoms with Crippen molar-refractivity contribution in [1.82, 2.24) is 5.32 Å². The first-order valence-electron chi connectivity index (χ1n) is 6.94. The number of rotatable bonds is 7. The zero-order chi connectivity index (χ0) is 13.7. The van der Waals surface area contributed by atoms with E-state index in [1.807, 2.05) is 18.2 Å². The number of hydrogen-bond acceptors (Lipinski definition) is 3. The summed E-state index contributed by atoms with van der Waals surface area (Å²) in [6, 6.07) is 10.3. The SMILES string of the molecule is CCC1(CNC(C/C(N)=N/O)c2ccccc2)CC1. The lowest BCUT2D eigenvalue weighted by molar-refractivity contribution is 0.315. The van der Waals surface area contributed by atoms with Crippen molar-refractivity contribution in [3.63, 3.8) is 0 Å². The molecule has 104 valence electrons. The minimum atomic E-state index is 0.112. The van der Waals surface area contributed by atoms with Gasteiger partial charge in [-0.15, -0.1) is 0 Å². The molecule has 0 bridgehead atoms. The molecule has 0 spiro atoms. The molecule has 4 N–H and O–H groups in total. The van der Waals surface area contributed by atoms with Gasteiger partial charge in [-0.1, -0.05) is 42.4 Å². The quantitative estimate of drug-likeness (QED) is 0.306. The Labute approximate surface area is 114 Å². The molecule has 4 nitrogen and oxygen atoms in total. The molecule has 0 saturated heterocycles. The van der Waals surface area contributed by atoms with E-state index in [2.05, 4.69) is 29.5 Å². The Kier molecular flexibility index (Phi) is 4.43. The predicted octanol–water partition coefficient (Wildman–Crippen LogP) is 2.64. The number of nitrogens with zero attached hydrogens (tertiary/aromatic N) is 1. The summed E-state index contributed by atoms with van der Waals surface area (Å²) < 4.78 is 0. The second kappa shape index (κ2) is 6.06. The first-order chi connectivity index (χ1) is 9.19. The molecule has 1 aliphatic rings. The van der Waals surface area contributed by atoms with Gasteiger partial charge in [0.1, 0.15) is 5.84 Å². The second-order valence-corrected chi connectivity index (χ2v) is 5.49. The molecule has 1 aliphatic carbocycles. The fourth-order valence-electron chi connectivity index (χ4n) is 2.41. The van der Waals surface area contributed by atoms with Crippen molar-refractivity contribution in [3.05, 3.63) is 35.9 Å². The Balaban J connectivity index is 2.02. The molecule has 1 saturated carbocycles. The standard InChI is InChI=1S/C15H23N3O/c1-2-15(8-9-15)11-17-13(10-14(16)18-19)12-6-4-3-5-7-12/h3-7,13,17,19H,2,8-11H2,1H3,(H2,16,18). The van der Waals surface area contributed by atoms with Gasteiger partial charge in [-0.25, -0.2) is 0 Å². The van der Waals surface area contributed by atoms with E-state index in [1.165, 1.54) is 24.8 Å². The third kappa shape index (κ3) is 3.70. The monoisotopic (exact) mass is 261 g/mol. The van der Waals surface area contributed by atoms with Gasteiger partial charge in [-0.2, -0.15) is 0 Å². The summed E-state index contributed by atoms with van der Waals surface area (Å²) in [5.41, 5.74) is 7.32. The van der Waals surface area contributed by atoms with Gasteiger partial charge in [0, 0.05) is 19.0 Å². The van der Waals surface area contributed by atoms with Crippen LogP contribution in [0.15, 0.2) is 35.5 Å². The number of oxime groups is 1. The van der Waals surface area contributed by atoms with Crippen molar-refractivity contribution >= 4 is 5.84 Å². The Morgan fingerprint density at radius 3 is 2.63 bits per heavy atom. The van der Waals surface area contributed by atoms with E-state index < -0.39 is 0 Å². The lowest BCUT2D eigenvalue weighted by Crippen LogP contribution is -2.31. The topological polar surface area (TPSA) is 70.6 Å². The van der Waals surface area contributed by atoms with Crippen molar-refractivity contribution in [2.75, 3.05) is 6.54 Å². The second-order valence-electron chi connectivity index (χ2n) is 5.49. The highest BCUT2D eigenvalue weighted by atomic mass is 16.4. The summed E-state index contributed by atoms with van der Waals surface area (Å²) >= 11 is 0. The molecule has 1 atom stereocenters. The molecule has 0 aliphatic heterocycles. The molecule has 0 radical (unpaired) electrons. The van der Waals surface area contributed by atoms with Crippen LogP contribution in [0.5, 0.6) is 0 Å². The van der Waals surface area contributed by atoms with Crippen LogP contribution in [0.3, 0.4) is 0 Å². The number of nitrogens with one attached hydrogen (secondary N) is 1. The molecule has 1 aromatic rings. The van der Waals surface area contributed by atoms with Crippen molar-refractivity contribution in [2.45, 2.75) is 38.6 Å². The van der Waals surface area contributed by atoms with E-state index in [0.717, 1.165) is 6.54 Å². The highest BCUT2D eigenvalue weighted by Crippen LogP contribution is 2.48. The molecular formula is C15H23N3O. The first kappa shape index (κ1) is 13.9. The summed E-state index contributed by atoms with van der Waals surface area (Å²) in [5.74, 6) is 0.266. The lowest BCUT2D eigenvalue weighted by atomic mass is 9.99. The number of benzene rings is 1. The van der Waals surface area contributed by atoms with Crippen LogP contribution in [0, 0.1) is 5.41 Å². The van der Waals surface area contributed by atoms with E-state index in [0.29, 0.717) is 11.8 Å². The number of nitrogens with two attached hydrogens (primary N) is 1. The highest BCUT2D eigenvalue weighted by Gasteiger charge is 2.40. The van der Waals surface area contributed by atoms with E-state index >= 15 is 0 Å². The van der Waals surface area contributed by atoms with Crippen molar-refractivity contribution < 1.29 is 5.21 Å². The minimum Gasteiger partial charge on any atom is -0.409 e. The third-order valence-electron chi connectivity index (χ3n) is 4.17. The molecule has 0 aromatic heterocycles. The van der Waals surface area contributed by atoms with E-state index in [1.54, 1.807) is 0 Å². The molecule has 0 amide bonds. The van der Waals surface area contributed by atoms with Crippen LogP contribution in [0.1, 0.15) is 44.2 Å². The van der Waals surface area contributed by atoms with Crippen LogP contribution in [0.2, 0.25) is 0 Å². The van der Waals surface area contributed by atoms with Crippen LogP contribution in [0.4, 0.5) is 0 Å². The van der Waals surface area contributed by atoms with Gasteiger partial charge in [-0.05, 0) is 30.2 Å². The Morgan fingerprint density at radius 2 is 2.11 bits per heavy atom. The normalized spacial score (nSPS) is 19.1. The first-order valence-corrected chi connectivity index (χ1v) is 6.94. The average molecular weight is 261 g/mol. The molecule has 0 heterocycles. The van der Waals surface area contributed by atoms with Crippen LogP contribution in [-0.2, 0) is 0 Å². The summed E-state index contributed by atoms with van der Waals surface area (Å²) in [6.07, 6.45) is 4.36. The molecule has 1 fully saturated rings. The highest BCUT2D eigenvalue weighted by molar-refractivity contribution is 5.80. The van der Waals surface area contributed by atoms with Gasteiger partial charge >= 0.3 is 0 Å². The number of hydrogen-bond donors (Lipinski definition) is 3. The summed E-state index contributed by atoms with van der Waals surface area (Å²) in [4.78, 5) is 0. The fraction of sp³-hybridized carbons (Fsp3) is 0.533. The fourth-order valence-corrected chi connectivity index (χ4v) is 2.41. The molecular weight excluding hydrogens is 238 g/mol. The Hall–Kier alpha value is -1.55. The smallest absolute Gasteiger partial charge is 0.141 e. The van der Waals surface area contributed by atoms with Crippen LogP contribution in [0.25, 0.3) is 0 Å². The minimum absolute atomic E-state index is 0.112. The summed E-state index contributed by atoms with van der Waals surface area (Å²) in [5, 5.41) is 15.4. The summed E-state index contributed by atoms with van der Waals surface area (Å²) in [6.45, 7) is 3.25. The van der Waals surface area contributed by atoms with Crippen molar-refractivity contribution in [2.24, 2.45) is 16.3 Å². The molecule has 4 heteroatoms. The van der Waals surface area contributed by atoms with Crippen molar-refractivity contribution in [3.8, 4) is 0 Å². The number of amidine groups is 1. The van der Waals surface area contributed by atoms with E-state index in [-0.39, 0.29) is 11.9 Å². The maximum Gasteiger partial charge on any atom is 0.141 e. The largest absolute Gasteiger partial charge is 0.409 e. The van der Waals surface area contributed by atoms with Gasteiger partial charge in [0.15, 0.2) is 0 Å². The maximum absolute atomic E-state index is 8.75. The zero-order valence-electron chi connectivity index (χ0n) is 11.5. The summed E-state index contributed by atoms with van der Waals surface area (Å²) in [7, 11) is 0. The van der Waals surface area contributed by atoms with Crippen molar-refractivity contribution in [1.29, 1.82) is 0 Å². The van der Waals surface area contributed by atoms with Gasteiger partial charge in [0.05, 0.1) is 0 Å². The molecule has 2 rings (SSSR count). The van der Waals surface area contributed by atoms with Gasteiger partial charge < -0.3 is 16.3 Å². The lowest BCUT2D eigenvalue weighted by Gasteiger charge is -2.22. The van der Waals surface area contributed by atoms with Gasteiger partial charge in [-0.3, -0.25) is 0 Å². The maximum atomic E-state index is 8.75. The van der Waals surface area contributed by atoms with Crippen LogP contribution >= 0.6 is 0 Å². The third-order valence-corrected chi connectivity index (χ3v) is 4.17. The zero-order valence-corrected chi connectivity index (χ0v) is 11.5. The predicted molar refractivity (Wildman–Crippen MR) is 77.2 cm³/mol. The van der Waals surface area contributed by atoms with Gasteiger partial charge in [0.2, 0.25) is 0 Å². The Morgan fingerprint density at radius 1 is 1.42 bits per heavy atom.